The number of hydrogen-bond acceptors (Lipinski definition) is 7. The minimum atomic E-state index is -0.471. The number of nitrogens with one attached hydrogen (secondary N) is 2. The highest BCUT2D eigenvalue weighted by molar-refractivity contribution is 5.96. The Morgan fingerprint density at radius 1 is 1.15 bits per heavy atom. The largest absolute Gasteiger partial charge is 0.495 e. The molecule has 174 valence electrons. The molecule has 0 aliphatic heterocycles. The third-order valence-corrected chi connectivity index (χ3v) is 5.87. The van der Waals surface area contributed by atoms with Gasteiger partial charge in [0.15, 0.2) is 12.4 Å². The Morgan fingerprint density at radius 3 is 2.88 bits per heavy atom. The molecule has 2 N–H and O–H groups in total. The summed E-state index contributed by atoms with van der Waals surface area (Å²) < 4.78 is 15.7. The summed E-state index contributed by atoms with van der Waals surface area (Å²) in [6.07, 6.45) is 4.31. The monoisotopic (exact) mass is 460 g/mol. The lowest BCUT2D eigenvalue weighted by Crippen LogP contribution is -2.15. The van der Waals surface area contributed by atoms with Crippen LogP contribution in [0.4, 0.5) is 5.69 Å². The zero-order valence-electron chi connectivity index (χ0n) is 18.7. The number of fused-ring (bicyclic) bond motifs is 3. The van der Waals surface area contributed by atoms with Gasteiger partial charge in [0.05, 0.1) is 24.8 Å². The second-order valence-electron chi connectivity index (χ2n) is 8.16. The van der Waals surface area contributed by atoms with Crippen LogP contribution in [0.15, 0.2) is 47.0 Å². The van der Waals surface area contributed by atoms with Crippen LogP contribution in [-0.2, 0) is 35.4 Å². The number of benzene rings is 2. The Labute approximate surface area is 195 Å². The van der Waals surface area contributed by atoms with Gasteiger partial charge in [0.1, 0.15) is 5.75 Å². The number of methoxy groups -OCH3 is 1. The van der Waals surface area contributed by atoms with Crippen molar-refractivity contribution in [3.63, 3.8) is 0 Å². The number of anilines is 1. The van der Waals surface area contributed by atoms with Crippen molar-refractivity contribution >= 4 is 28.5 Å². The van der Waals surface area contributed by atoms with Crippen molar-refractivity contribution in [3.05, 3.63) is 71.0 Å². The summed E-state index contributed by atoms with van der Waals surface area (Å²) in [5, 5.41) is 7.63. The molecular weight excluding hydrogens is 436 g/mol. The summed E-state index contributed by atoms with van der Waals surface area (Å²) in [6, 6.07) is 12.6. The third-order valence-electron chi connectivity index (χ3n) is 5.87. The molecule has 0 radical (unpaired) electrons. The molecule has 9 heteroatoms. The number of aromatic nitrogens is 3. The standard InChI is InChI=1S/C25H24N4O5/c1-32-21-9-5-4-8-20(21)27-23(30)13-22-28-24(34-29-22)14-33-25(31)15-10-11-19-17(12-15)16-6-2-3-7-18(16)26-19/h4-5,8-12,26H,2-3,6-7,13-14H2,1H3,(H,27,30). The molecule has 0 atom stereocenters. The van der Waals surface area contributed by atoms with Gasteiger partial charge in [0, 0.05) is 16.6 Å². The van der Waals surface area contributed by atoms with Crippen molar-refractivity contribution in [2.45, 2.75) is 38.7 Å². The number of carbonyl (C=O) groups is 2. The van der Waals surface area contributed by atoms with Crippen LogP contribution >= 0.6 is 0 Å². The van der Waals surface area contributed by atoms with E-state index in [9.17, 15) is 9.59 Å². The first kappa shape index (κ1) is 21.7. The van der Waals surface area contributed by atoms with E-state index >= 15 is 0 Å². The number of aromatic amines is 1. The minimum absolute atomic E-state index is 0.0925. The number of ether oxygens (including phenoxy) is 2. The normalized spacial score (nSPS) is 12.9. The van der Waals surface area contributed by atoms with Crippen LogP contribution in [-0.4, -0.2) is 34.1 Å². The van der Waals surface area contributed by atoms with Crippen molar-refractivity contribution < 1.29 is 23.6 Å². The van der Waals surface area contributed by atoms with Gasteiger partial charge in [-0.1, -0.05) is 17.3 Å². The van der Waals surface area contributed by atoms with E-state index in [0.29, 0.717) is 17.0 Å². The van der Waals surface area contributed by atoms with E-state index in [4.69, 9.17) is 14.0 Å². The highest BCUT2D eigenvalue weighted by Gasteiger charge is 2.18. The Hall–Kier alpha value is -4.14. The number of aryl methyl sites for hydroxylation is 2. The van der Waals surface area contributed by atoms with Gasteiger partial charge in [-0.2, -0.15) is 4.98 Å². The van der Waals surface area contributed by atoms with Crippen molar-refractivity contribution in [2.75, 3.05) is 12.4 Å². The van der Waals surface area contributed by atoms with Gasteiger partial charge in [-0.05, 0) is 61.6 Å². The molecule has 2 heterocycles. The summed E-state index contributed by atoms with van der Waals surface area (Å²) in [7, 11) is 1.53. The number of rotatable bonds is 7. The van der Waals surface area contributed by atoms with Crippen molar-refractivity contribution in [2.24, 2.45) is 0 Å². The van der Waals surface area contributed by atoms with Crippen molar-refractivity contribution in [1.29, 1.82) is 0 Å². The van der Waals surface area contributed by atoms with E-state index in [1.165, 1.54) is 24.8 Å². The zero-order valence-corrected chi connectivity index (χ0v) is 18.7. The van der Waals surface area contributed by atoms with E-state index in [-0.39, 0.29) is 30.7 Å². The lowest BCUT2D eigenvalue weighted by atomic mass is 9.95. The van der Waals surface area contributed by atoms with Gasteiger partial charge >= 0.3 is 5.97 Å². The highest BCUT2D eigenvalue weighted by Crippen LogP contribution is 2.30. The van der Waals surface area contributed by atoms with Gasteiger partial charge in [-0.25, -0.2) is 4.79 Å². The van der Waals surface area contributed by atoms with Gasteiger partial charge in [0.2, 0.25) is 5.91 Å². The van der Waals surface area contributed by atoms with Gasteiger partial charge in [-0.15, -0.1) is 0 Å². The van der Waals surface area contributed by atoms with Gasteiger partial charge in [0.25, 0.3) is 5.89 Å². The lowest BCUT2D eigenvalue weighted by molar-refractivity contribution is -0.115. The van der Waals surface area contributed by atoms with E-state index in [1.54, 1.807) is 24.3 Å². The number of amides is 1. The topological polar surface area (TPSA) is 119 Å². The highest BCUT2D eigenvalue weighted by atomic mass is 16.6. The van der Waals surface area contributed by atoms with Crippen LogP contribution in [0.5, 0.6) is 5.75 Å². The van der Waals surface area contributed by atoms with Gasteiger partial charge < -0.3 is 24.3 Å². The molecule has 5 rings (SSSR count). The SMILES string of the molecule is COc1ccccc1NC(=O)Cc1noc(COC(=O)c2ccc3[nH]c4c(c3c2)CCCC4)n1. The average molecular weight is 460 g/mol. The maximum Gasteiger partial charge on any atom is 0.338 e. The zero-order chi connectivity index (χ0) is 23.5. The summed E-state index contributed by atoms with van der Waals surface area (Å²) in [5.74, 6) is 0.0700. The first-order valence-corrected chi connectivity index (χ1v) is 11.2. The minimum Gasteiger partial charge on any atom is -0.495 e. The summed E-state index contributed by atoms with van der Waals surface area (Å²) in [5.41, 5.74) is 4.62. The van der Waals surface area contributed by atoms with E-state index < -0.39 is 5.97 Å². The molecule has 34 heavy (non-hydrogen) atoms. The first-order valence-electron chi connectivity index (χ1n) is 11.2. The fourth-order valence-corrected chi connectivity index (χ4v) is 4.25. The van der Waals surface area contributed by atoms with Crippen LogP contribution in [0.1, 0.15) is 46.2 Å². The molecule has 0 saturated carbocycles. The van der Waals surface area contributed by atoms with Crippen LogP contribution in [0.2, 0.25) is 0 Å². The Balaban J connectivity index is 1.19. The average Bonchev–Trinajstić information content (AvgIpc) is 3.46. The molecule has 9 nitrogen and oxygen atoms in total. The molecule has 1 aliphatic rings. The molecule has 0 fully saturated rings. The number of para-hydroxylation sites is 2. The molecule has 0 bridgehead atoms. The molecule has 1 aliphatic carbocycles. The molecule has 4 aromatic rings. The third kappa shape index (κ3) is 4.50. The maximum absolute atomic E-state index is 12.6. The second-order valence-corrected chi connectivity index (χ2v) is 8.16. The van der Waals surface area contributed by atoms with Crippen molar-refractivity contribution in [3.8, 4) is 5.75 Å². The quantitative estimate of drug-likeness (QED) is 0.400. The smallest absolute Gasteiger partial charge is 0.338 e. The predicted octanol–water partition coefficient (Wildman–Crippen LogP) is 3.98. The van der Waals surface area contributed by atoms with Crippen LogP contribution < -0.4 is 10.1 Å². The summed E-state index contributed by atoms with van der Waals surface area (Å²) in [6.45, 7) is -0.177. The number of carbonyl (C=O) groups excluding carboxylic acids is 2. The number of esters is 1. The van der Waals surface area contributed by atoms with Crippen molar-refractivity contribution in [1.82, 2.24) is 15.1 Å². The fraction of sp³-hybridized carbons (Fsp3) is 0.280. The van der Waals surface area contributed by atoms with E-state index in [1.807, 2.05) is 18.2 Å². The van der Waals surface area contributed by atoms with E-state index in [0.717, 1.165) is 30.2 Å². The van der Waals surface area contributed by atoms with Gasteiger partial charge in [-0.3, -0.25) is 4.79 Å². The molecule has 0 saturated heterocycles. The Morgan fingerprint density at radius 2 is 2.00 bits per heavy atom. The number of H-pyrrole nitrogens is 1. The molecular formula is C25H24N4O5. The summed E-state index contributed by atoms with van der Waals surface area (Å²) in [4.78, 5) is 32.5. The molecule has 2 aromatic carbocycles. The number of nitrogens with zero attached hydrogens (tertiary/aromatic N) is 2. The van der Waals surface area contributed by atoms with Crippen LogP contribution in [0.25, 0.3) is 10.9 Å². The first-order chi connectivity index (χ1) is 16.6. The Bertz CT molecular complexity index is 1360. The van der Waals surface area contributed by atoms with E-state index in [2.05, 4.69) is 20.4 Å². The molecule has 1 amide bonds. The number of hydrogen-bond donors (Lipinski definition) is 2. The van der Waals surface area contributed by atoms with Crippen LogP contribution in [0, 0.1) is 0 Å². The maximum atomic E-state index is 12.6. The Kier molecular flexibility index (Phi) is 5.99. The predicted molar refractivity (Wildman–Crippen MR) is 124 cm³/mol. The fourth-order valence-electron chi connectivity index (χ4n) is 4.25. The second kappa shape index (κ2) is 9.38. The summed E-state index contributed by atoms with van der Waals surface area (Å²) >= 11 is 0. The van der Waals surface area contributed by atoms with Crippen LogP contribution in [0.3, 0.4) is 0 Å². The lowest BCUT2D eigenvalue weighted by Gasteiger charge is -2.10. The molecule has 2 aromatic heterocycles. The molecule has 0 spiro atoms. The molecule has 0 unspecified atom stereocenters.